The third-order valence-electron chi connectivity index (χ3n) is 2.32. The smallest absolute Gasteiger partial charge is 0.184 e. The minimum Gasteiger partial charge on any atom is -0.389 e. The third-order valence-corrected chi connectivity index (χ3v) is 2.32. The van der Waals surface area contributed by atoms with E-state index in [-0.39, 0.29) is 6.29 Å². The number of aliphatic hydroxyl groups is 1. The highest BCUT2D eigenvalue weighted by Crippen LogP contribution is 2.29. The lowest BCUT2D eigenvalue weighted by Gasteiger charge is -2.15. The van der Waals surface area contributed by atoms with E-state index in [9.17, 15) is 5.11 Å². The minimum atomic E-state index is -0.487. The molecular formula is C11H14O3. The molecule has 1 aromatic carbocycles. The molecule has 1 fully saturated rings. The molecule has 1 aliphatic heterocycles. The van der Waals surface area contributed by atoms with Crippen LogP contribution in [0, 0.1) is 0 Å². The van der Waals surface area contributed by atoms with Gasteiger partial charge in [-0.3, -0.25) is 0 Å². The van der Waals surface area contributed by atoms with Crippen LogP contribution in [-0.2, 0) is 9.47 Å². The number of hydrogen-bond acceptors (Lipinski definition) is 3. The van der Waals surface area contributed by atoms with Gasteiger partial charge in [-0.2, -0.15) is 0 Å². The predicted molar refractivity (Wildman–Crippen MR) is 51.7 cm³/mol. The van der Waals surface area contributed by atoms with E-state index in [1.165, 1.54) is 0 Å². The first-order chi connectivity index (χ1) is 6.79. The lowest BCUT2D eigenvalue weighted by molar-refractivity contribution is -0.0458. The fraction of sp³-hybridized carbons (Fsp3) is 0.455. The molecule has 1 aliphatic rings. The summed E-state index contributed by atoms with van der Waals surface area (Å²) in [7, 11) is 0. The molecule has 0 saturated carbocycles. The van der Waals surface area contributed by atoms with Gasteiger partial charge in [-0.15, -0.1) is 0 Å². The van der Waals surface area contributed by atoms with E-state index in [4.69, 9.17) is 9.47 Å². The zero-order chi connectivity index (χ0) is 9.97. The lowest BCUT2D eigenvalue weighted by atomic mass is 10.0. The Balaban J connectivity index is 2.30. The molecule has 14 heavy (non-hydrogen) atoms. The van der Waals surface area contributed by atoms with E-state index < -0.39 is 6.10 Å². The first-order valence-electron chi connectivity index (χ1n) is 4.79. The van der Waals surface area contributed by atoms with Crippen LogP contribution in [0.1, 0.15) is 30.4 Å². The van der Waals surface area contributed by atoms with Gasteiger partial charge in [0.15, 0.2) is 6.29 Å². The molecule has 0 radical (unpaired) electrons. The molecule has 2 rings (SSSR count). The summed E-state index contributed by atoms with van der Waals surface area (Å²) >= 11 is 0. The van der Waals surface area contributed by atoms with Gasteiger partial charge in [0.1, 0.15) is 0 Å². The average Bonchev–Trinajstić information content (AvgIpc) is 2.70. The molecule has 1 atom stereocenters. The molecule has 0 aromatic heterocycles. The summed E-state index contributed by atoms with van der Waals surface area (Å²) in [5.41, 5.74) is 1.81. The van der Waals surface area contributed by atoms with Crippen LogP contribution in [0.25, 0.3) is 0 Å². The third kappa shape index (κ3) is 1.80. The van der Waals surface area contributed by atoms with Crippen molar-refractivity contribution in [2.75, 3.05) is 13.2 Å². The molecule has 1 aromatic rings. The van der Waals surface area contributed by atoms with Crippen LogP contribution in [-0.4, -0.2) is 18.3 Å². The Morgan fingerprint density at radius 2 is 1.93 bits per heavy atom. The number of ether oxygens (including phenoxy) is 2. The van der Waals surface area contributed by atoms with Crippen LogP contribution >= 0.6 is 0 Å². The molecule has 1 saturated heterocycles. The maximum absolute atomic E-state index is 9.55. The number of rotatable bonds is 2. The summed E-state index contributed by atoms with van der Waals surface area (Å²) < 4.78 is 10.8. The normalized spacial score (nSPS) is 19.9. The molecule has 0 bridgehead atoms. The molecule has 1 unspecified atom stereocenters. The van der Waals surface area contributed by atoms with Crippen LogP contribution in [0.15, 0.2) is 24.3 Å². The van der Waals surface area contributed by atoms with Gasteiger partial charge in [-0.25, -0.2) is 0 Å². The number of hydrogen-bond donors (Lipinski definition) is 1. The Hall–Kier alpha value is -0.900. The largest absolute Gasteiger partial charge is 0.389 e. The summed E-state index contributed by atoms with van der Waals surface area (Å²) in [5.74, 6) is 0. The molecule has 76 valence electrons. The van der Waals surface area contributed by atoms with E-state index in [0.29, 0.717) is 13.2 Å². The zero-order valence-corrected chi connectivity index (χ0v) is 8.14. The Kier molecular flexibility index (Phi) is 2.82. The fourth-order valence-corrected chi connectivity index (χ4v) is 1.64. The van der Waals surface area contributed by atoms with E-state index in [1.807, 2.05) is 24.3 Å². The van der Waals surface area contributed by atoms with Crippen molar-refractivity contribution in [3.63, 3.8) is 0 Å². The molecule has 0 spiro atoms. The van der Waals surface area contributed by atoms with Gasteiger partial charge in [0.05, 0.1) is 19.3 Å². The van der Waals surface area contributed by atoms with E-state index in [0.717, 1.165) is 11.1 Å². The average molecular weight is 194 g/mol. The van der Waals surface area contributed by atoms with Crippen LogP contribution in [0.5, 0.6) is 0 Å². The zero-order valence-electron chi connectivity index (χ0n) is 8.14. The van der Waals surface area contributed by atoms with Crippen molar-refractivity contribution >= 4 is 0 Å². The topological polar surface area (TPSA) is 38.7 Å². The summed E-state index contributed by atoms with van der Waals surface area (Å²) in [5, 5.41) is 9.55. The summed E-state index contributed by atoms with van der Waals surface area (Å²) in [4.78, 5) is 0. The van der Waals surface area contributed by atoms with Crippen LogP contribution in [0.4, 0.5) is 0 Å². The van der Waals surface area contributed by atoms with Gasteiger partial charge in [0, 0.05) is 5.56 Å². The molecule has 0 aliphatic carbocycles. The SMILES string of the molecule is CC(O)c1ccccc1C1OCCO1. The van der Waals surface area contributed by atoms with Crippen molar-refractivity contribution in [2.24, 2.45) is 0 Å². The van der Waals surface area contributed by atoms with E-state index in [2.05, 4.69) is 0 Å². The quantitative estimate of drug-likeness (QED) is 0.780. The highest BCUT2D eigenvalue weighted by atomic mass is 16.7. The second-order valence-electron chi connectivity index (χ2n) is 3.38. The summed E-state index contributed by atoms with van der Waals surface area (Å²) in [6.45, 7) is 2.99. The first-order valence-corrected chi connectivity index (χ1v) is 4.79. The number of benzene rings is 1. The summed E-state index contributed by atoms with van der Waals surface area (Å²) in [6, 6.07) is 7.65. The molecule has 3 heteroatoms. The maximum atomic E-state index is 9.55. The monoisotopic (exact) mass is 194 g/mol. The lowest BCUT2D eigenvalue weighted by Crippen LogP contribution is -2.04. The molecular weight excluding hydrogens is 180 g/mol. The van der Waals surface area contributed by atoms with Gasteiger partial charge in [0.25, 0.3) is 0 Å². The Bertz CT molecular complexity index is 303. The molecule has 1 N–H and O–H groups in total. The Morgan fingerprint density at radius 1 is 1.29 bits per heavy atom. The molecule has 3 nitrogen and oxygen atoms in total. The predicted octanol–water partition coefficient (Wildman–Crippen LogP) is 1.79. The second kappa shape index (κ2) is 4.09. The minimum absolute atomic E-state index is 0.305. The van der Waals surface area contributed by atoms with Gasteiger partial charge < -0.3 is 14.6 Å². The summed E-state index contributed by atoms with van der Waals surface area (Å²) in [6.07, 6.45) is -0.792. The second-order valence-corrected chi connectivity index (χ2v) is 3.38. The number of aliphatic hydroxyl groups excluding tert-OH is 1. The van der Waals surface area contributed by atoms with Gasteiger partial charge in [0.2, 0.25) is 0 Å². The molecule has 0 amide bonds. The van der Waals surface area contributed by atoms with Crippen molar-refractivity contribution in [1.82, 2.24) is 0 Å². The van der Waals surface area contributed by atoms with Crippen molar-refractivity contribution in [1.29, 1.82) is 0 Å². The maximum Gasteiger partial charge on any atom is 0.184 e. The highest BCUT2D eigenvalue weighted by molar-refractivity contribution is 5.30. The van der Waals surface area contributed by atoms with E-state index in [1.54, 1.807) is 6.92 Å². The first kappa shape index (κ1) is 9.65. The van der Waals surface area contributed by atoms with Gasteiger partial charge in [-0.1, -0.05) is 24.3 Å². The molecule has 1 heterocycles. The van der Waals surface area contributed by atoms with Crippen molar-refractivity contribution in [2.45, 2.75) is 19.3 Å². The Morgan fingerprint density at radius 3 is 2.57 bits per heavy atom. The van der Waals surface area contributed by atoms with Crippen molar-refractivity contribution < 1.29 is 14.6 Å². The van der Waals surface area contributed by atoms with E-state index >= 15 is 0 Å². The van der Waals surface area contributed by atoms with Crippen molar-refractivity contribution in [3.05, 3.63) is 35.4 Å². The van der Waals surface area contributed by atoms with Gasteiger partial charge >= 0.3 is 0 Å². The van der Waals surface area contributed by atoms with Crippen LogP contribution in [0.3, 0.4) is 0 Å². The van der Waals surface area contributed by atoms with Crippen molar-refractivity contribution in [3.8, 4) is 0 Å². The Labute approximate surface area is 83.3 Å². The van der Waals surface area contributed by atoms with Crippen LogP contribution < -0.4 is 0 Å². The standard InChI is InChI=1S/C11H14O3/c1-8(12)9-4-2-3-5-10(9)11-13-6-7-14-11/h2-5,8,11-12H,6-7H2,1H3. The van der Waals surface area contributed by atoms with Gasteiger partial charge in [-0.05, 0) is 12.5 Å². The highest BCUT2D eigenvalue weighted by Gasteiger charge is 2.22. The fourth-order valence-electron chi connectivity index (χ4n) is 1.64. The van der Waals surface area contributed by atoms with Crippen LogP contribution in [0.2, 0.25) is 0 Å².